The number of aromatic amines is 1. The highest BCUT2D eigenvalue weighted by molar-refractivity contribution is 8.00. The molecule has 28 heavy (non-hydrogen) atoms. The van der Waals surface area contributed by atoms with Gasteiger partial charge < -0.3 is 9.72 Å². The molecule has 2 aromatic rings. The normalized spacial score (nSPS) is 11.7. The van der Waals surface area contributed by atoms with Gasteiger partial charge in [-0.2, -0.15) is 0 Å². The predicted molar refractivity (Wildman–Crippen MR) is 104 cm³/mol. The second kappa shape index (κ2) is 8.83. The number of hydrogen-bond donors (Lipinski definition) is 1. The topological polar surface area (TPSA) is 119 Å². The first kappa shape index (κ1) is 21.4. The van der Waals surface area contributed by atoms with E-state index in [0.717, 1.165) is 11.8 Å². The number of esters is 1. The summed E-state index contributed by atoms with van der Waals surface area (Å²) in [6.07, 6.45) is -1.06. The van der Waals surface area contributed by atoms with Crippen molar-refractivity contribution >= 4 is 35.0 Å². The number of aryl methyl sites for hydroxylation is 1. The Hall–Kier alpha value is -2.94. The Balaban J connectivity index is 2.03. The van der Waals surface area contributed by atoms with Gasteiger partial charge >= 0.3 is 5.97 Å². The largest absolute Gasteiger partial charge is 0.454 e. The van der Waals surface area contributed by atoms with Crippen LogP contribution in [-0.2, 0) is 9.53 Å². The number of H-pyrrole nitrogens is 1. The van der Waals surface area contributed by atoms with Crippen molar-refractivity contribution in [2.24, 2.45) is 0 Å². The Morgan fingerprint density at radius 3 is 2.46 bits per heavy atom. The van der Waals surface area contributed by atoms with Gasteiger partial charge in [-0.3, -0.25) is 24.5 Å². The van der Waals surface area contributed by atoms with Gasteiger partial charge in [0.25, 0.3) is 5.69 Å². The van der Waals surface area contributed by atoms with Crippen molar-refractivity contribution in [3.8, 4) is 0 Å². The van der Waals surface area contributed by atoms with Crippen molar-refractivity contribution in [3.05, 3.63) is 56.9 Å². The van der Waals surface area contributed by atoms with Crippen LogP contribution in [-0.4, -0.2) is 39.3 Å². The van der Waals surface area contributed by atoms with Crippen LogP contribution in [0.1, 0.15) is 46.0 Å². The van der Waals surface area contributed by atoms with E-state index in [4.69, 9.17) is 4.74 Å². The van der Waals surface area contributed by atoms with Gasteiger partial charge in [-0.15, -0.1) is 11.8 Å². The fourth-order valence-corrected chi connectivity index (χ4v) is 3.69. The van der Waals surface area contributed by atoms with E-state index < -0.39 is 22.8 Å². The zero-order chi connectivity index (χ0) is 21.0. The first-order chi connectivity index (χ1) is 13.1. The summed E-state index contributed by atoms with van der Waals surface area (Å²) in [6, 6.07) is 6.06. The Kier molecular flexibility index (Phi) is 6.74. The highest BCUT2D eigenvalue weighted by Gasteiger charge is 2.26. The zero-order valence-electron chi connectivity index (χ0n) is 15.9. The van der Waals surface area contributed by atoms with Gasteiger partial charge in [-0.1, -0.05) is 12.1 Å². The molecule has 0 bridgehead atoms. The molecule has 0 spiro atoms. The van der Waals surface area contributed by atoms with Crippen LogP contribution >= 0.6 is 11.8 Å². The lowest BCUT2D eigenvalue weighted by atomic mass is 10.0. The summed E-state index contributed by atoms with van der Waals surface area (Å²) in [5.41, 5.74) is 1.69. The summed E-state index contributed by atoms with van der Waals surface area (Å²) in [5, 5.41) is 11.0. The minimum absolute atomic E-state index is 0.0985. The second-order valence-corrected chi connectivity index (χ2v) is 7.21. The number of nitro groups is 1. The number of ketones is 2. The van der Waals surface area contributed by atoms with Crippen molar-refractivity contribution in [1.82, 2.24) is 4.98 Å². The highest BCUT2D eigenvalue weighted by atomic mass is 32.2. The maximum atomic E-state index is 12.6. The fourth-order valence-electron chi connectivity index (χ4n) is 2.88. The smallest absolute Gasteiger partial charge is 0.316 e. The molecule has 0 saturated heterocycles. The van der Waals surface area contributed by atoms with E-state index in [1.54, 1.807) is 26.0 Å². The van der Waals surface area contributed by atoms with Crippen molar-refractivity contribution in [2.45, 2.75) is 38.7 Å². The molecule has 9 heteroatoms. The molecule has 148 valence electrons. The number of nitrogens with zero attached hydrogens (tertiary/aromatic N) is 1. The van der Waals surface area contributed by atoms with Gasteiger partial charge in [0.2, 0.25) is 5.78 Å². The van der Waals surface area contributed by atoms with Gasteiger partial charge in [0.05, 0.1) is 21.3 Å². The number of para-hydroxylation sites is 1. The van der Waals surface area contributed by atoms with Gasteiger partial charge in [-0.05, 0) is 39.3 Å². The quantitative estimate of drug-likeness (QED) is 0.234. The molecule has 8 nitrogen and oxygen atoms in total. The molecule has 2 rings (SSSR count). The SMILES string of the molecule is CC(=O)c1c(C)[nH]c(C(=O)[C@@H](C)OC(=O)CSc2ccccc2[N+](=O)[O-])c1C. The number of carbonyl (C=O) groups excluding carboxylic acids is 3. The van der Waals surface area contributed by atoms with Crippen LogP contribution in [0, 0.1) is 24.0 Å². The van der Waals surface area contributed by atoms with E-state index in [9.17, 15) is 24.5 Å². The van der Waals surface area contributed by atoms with E-state index in [0.29, 0.717) is 21.7 Å². The molecule has 1 atom stereocenters. The molecule has 0 amide bonds. The molecule has 0 radical (unpaired) electrons. The average molecular weight is 404 g/mol. The third-order valence-electron chi connectivity index (χ3n) is 4.12. The number of Topliss-reactive ketones (excluding diaryl/α,β-unsaturated/α-hetero) is 2. The van der Waals surface area contributed by atoms with Crippen molar-refractivity contribution in [1.29, 1.82) is 0 Å². The van der Waals surface area contributed by atoms with Crippen molar-refractivity contribution < 1.29 is 24.0 Å². The summed E-state index contributed by atoms with van der Waals surface area (Å²) in [7, 11) is 0. The number of nitrogens with one attached hydrogen (secondary N) is 1. The van der Waals surface area contributed by atoms with E-state index >= 15 is 0 Å². The summed E-state index contributed by atoms with van der Waals surface area (Å²) < 4.78 is 5.17. The van der Waals surface area contributed by atoms with Crippen molar-refractivity contribution in [3.63, 3.8) is 0 Å². The molecule has 1 aromatic heterocycles. The molecule has 0 aliphatic carbocycles. The molecule has 0 saturated carbocycles. The van der Waals surface area contributed by atoms with Crippen LogP contribution in [0.5, 0.6) is 0 Å². The summed E-state index contributed by atoms with van der Waals surface area (Å²) in [6.45, 7) is 6.22. The Labute approximate surface area is 165 Å². The minimum Gasteiger partial charge on any atom is -0.454 e. The fraction of sp³-hybridized carbons (Fsp3) is 0.316. The number of carbonyl (C=O) groups is 3. The number of rotatable bonds is 8. The number of benzene rings is 1. The average Bonchev–Trinajstić information content (AvgIpc) is 2.93. The Bertz CT molecular complexity index is 950. The molecular weight excluding hydrogens is 384 g/mol. The lowest BCUT2D eigenvalue weighted by molar-refractivity contribution is -0.387. The van der Waals surface area contributed by atoms with Gasteiger partial charge in [0.1, 0.15) is 0 Å². The minimum atomic E-state index is -1.06. The molecule has 0 aliphatic rings. The standard InChI is InChI=1S/C19H20N2O6S/c1-10-17(12(3)22)11(2)20-18(10)19(24)13(4)27-16(23)9-28-15-8-6-5-7-14(15)21(25)26/h5-8,13,20H,9H2,1-4H3/t13-/m1/s1. The maximum absolute atomic E-state index is 12.6. The number of hydrogen-bond acceptors (Lipinski definition) is 7. The molecule has 1 N–H and O–H groups in total. The van der Waals surface area contributed by atoms with Gasteiger partial charge in [-0.25, -0.2) is 0 Å². The lowest BCUT2D eigenvalue weighted by Crippen LogP contribution is -2.26. The van der Waals surface area contributed by atoms with Crippen LogP contribution in [0.3, 0.4) is 0 Å². The Morgan fingerprint density at radius 1 is 1.25 bits per heavy atom. The number of aromatic nitrogens is 1. The summed E-state index contributed by atoms with van der Waals surface area (Å²) >= 11 is 0.967. The lowest BCUT2D eigenvalue weighted by Gasteiger charge is -2.12. The molecule has 0 aliphatic heterocycles. The summed E-state index contributed by atoms with van der Waals surface area (Å²) in [4.78, 5) is 50.1. The Morgan fingerprint density at radius 2 is 1.89 bits per heavy atom. The number of ether oxygens (including phenoxy) is 1. The third-order valence-corrected chi connectivity index (χ3v) is 5.16. The first-order valence-electron chi connectivity index (χ1n) is 8.43. The third kappa shape index (κ3) is 4.66. The van der Waals surface area contributed by atoms with Crippen LogP contribution in [0.25, 0.3) is 0 Å². The highest BCUT2D eigenvalue weighted by Crippen LogP contribution is 2.28. The molecule has 0 fully saturated rings. The van der Waals surface area contributed by atoms with Gasteiger partial charge in [0, 0.05) is 17.3 Å². The first-order valence-corrected chi connectivity index (χ1v) is 9.42. The molecule has 0 unspecified atom stereocenters. The van der Waals surface area contributed by atoms with Crippen molar-refractivity contribution in [2.75, 3.05) is 5.75 Å². The van der Waals surface area contributed by atoms with Gasteiger partial charge in [0.15, 0.2) is 11.9 Å². The van der Waals surface area contributed by atoms with Crippen LogP contribution in [0.4, 0.5) is 5.69 Å². The van der Waals surface area contributed by atoms with E-state index in [-0.39, 0.29) is 22.9 Å². The second-order valence-electron chi connectivity index (χ2n) is 6.19. The van der Waals surface area contributed by atoms with Crippen LogP contribution in [0.2, 0.25) is 0 Å². The summed E-state index contributed by atoms with van der Waals surface area (Å²) in [5.74, 6) is -1.45. The number of nitro benzene ring substituents is 1. The monoisotopic (exact) mass is 404 g/mol. The van der Waals surface area contributed by atoms with Crippen LogP contribution < -0.4 is 0 Å². The van der Waals surface area contributed by atoms with E-state index in [2.05, 4.69) is 4.98 Å². The van der Waals surface area contributed by atoms with E-state index in [1.807, 2.05) is 0 Å². The molecule has 1 heterocycles. The number of thioether (sulfide) groups is 1. The predicted octanol–water partition coefficient (Wildman–Crippen LogP) is 3.65. The molecular formula is C19H20N2O6S. The van der Waals surface area contributed by atoms with E-state index in [1.165, 1.54) is 26.0 Å². The van der Waals surface area contributed by atoms with Crippen LogP contribution in [0.15, 0.2) is 29.2 Å². The zero-order valence-corrected chi connectivity index (χ0v) is 16.7. The maximum Gasteiger partial charge on any atom is 0.316 e. The molecule has 1 aromatic carbocycles.